The van der Waals surface area contributed by atoms with E-state index in [1.54, 1.807) is 12.4 Å². The van der Waals surface area contributed by atoms with Crippen LogP contribution in [0.4, 0.5) is 4.79 Å². The van der Waals surface area contributed by atoms with Gasteiger partial charge in [0.2, 0.25) is 0 Å². The molecule has 1 N–H and O–H groups in total. The average Bonchev–Trinajstić information content (AvgIpc) is 3.42. The van der Waals surface area contributed by atoms with Crippen LogP contribution in [0.15, 0.2) is 85.2 Å². The van der Waals surface area contributed by atoms with Gasteiger partial charge in [-0.1, -0.05) is 54.6 Å². The fourth-order valence-corrected chi connectivity index (χ4v) is 5.82. The first-order chi connectivity index (χ1) is 18.1. The van der Waals surface area contributed by atoms with Gasteiger partial charge in [0.1, 0.15) is 5.54 Å². The van der Waals surface area contributed by atoms with Crippen molar-refractivity contribution in [3.63, 3.8) is 0 Å². The lowest BCUT2D eigenvalue weighted by atomic mass is 9.85. The molecule has 1 spiro atoms. The summed E-state index contributed by atoms with van der Waals surface area (Å²) in [5.41, 5.74) is 3.55. The van der Waals surface area contributed by atoms with Crippen molar-refractivity contribution < 1.29 is 9.59 Å². The average molecular weight is 494 g/mol. The summed E-state index contributed by atoms with van der Waals surface area (Å²) in [7, 11) is 0. The molecule has 0 aliphatic carbocycles. The molecule has 188 valence electrons. The SMILES string of the molecule is O=C1N(Cc2cccnc2)C(=O)C2(CCN(Cc3cc4ccccc4[nH]3)CC2)N1CCc1ccccc1. The fraction of sp³-hybridized carbons (Fsp3) is 0.300. The summed E-state index contributed by atoms with van der Waals surface area (Å²) in [4.78, 5) is 41.0. The van der Waals surface area contributed by atoms with Crippen molar-refractivity contribution in [3.8, 4) is 0 Å². The number of H-pyrrole nitrogens is 1. The van der Waals surface area contributed by atoms with Crippen LogP contribution in [-0.2, 0) is 24.3 Å². The maximum Gasteiger partial charge on any atom is 0.328 e. The molecule has 0 saturated carbocycles. The maximum absolute atomic E-state index is 13.9. The molecule has 7 nitrogen and oxygen atoms in total. The number of urea groups is 1. The molecule has 2 aliphatic rings. The third-order valence-corrected chi connectivity index (χ3v) is 7.82. The minimum absolute atomic E-state index is 0.0697. The van der Waals surface area contributed by atoms with Crippen molar-refractivity contribution in [2.45, 2.75) is 37.9 Å². The number of likely N-dealkylation sites (tertiary alicyclic amines) is 1. The van der Waals surface area contributed by atoms with Crippen LogP contribution in [0.3, 0.4) is 0 Å². The number of hydrogen-bond acceptors (Lipinski definition) is 4. The second-order valence-corrected chi connectivity index (χ2v) is 10.1. The number of nitrogens with one attached hydrogen (secondary N) is 1. The molecule has 3 amide bonds. The van der Waals surface area contributed by atoms with E-state index >= 15 is 0 Å². The summed E-state index contributed by atoms with van der Waals surface area (Å²) in [6.07, 6.45) is 5.42. The Morgan fingerprint density at radius 1 is 0.865 bits per heavy atom. The third kappa shape index (κ3) is 4.51. The number of pyridine rings is 1. The monoisotopic (exact) mass is 493 g/mol. The van der Waals surface area contributed by atoms with Gasteiger partial charge in [-0.05, 0) is 54.0 Å². The number of nitrogens with zero attached hydrogens (tertiary/aromatic N) is 4. The minimum atomic E-state index is -0.787. The number of aromatic amines is 1. The predicted octanol–water partition coefficient (Wildman–Crippen LogP) is 4.60. The number of fused-ring (bicyclic) bond motifs is 1. The molecule has 2 aromatic heterocycles. The van der Waals surface area contributed by atoms with Crippen molar-refractivity contribution in [2.75, 3.05) is 19.6 Å². The maximum atomic E-state index is 13.9. The molecule has 2 fully saturated rings. The first-order valence-electron chi connectivity index (χ1n) is 13.0. The van der Waals surface area contributed by atoms with Crippen LogP contribution >= 0.6 is 0 Å². The van der Waals surface area contributed by atoms with E-state index in [-0.39, 0.29) is 18.5 Å². The van der Waals surface area contributed by atoms with Crippen molar-refractivity contribution in [3.05, 3.63) is 102 Å². The van der Waals surface area contributed by atoms with E-state index < -0.39 is 5.54 Å². The highest BCUT2D eigenvalue weighted by Crippen LogP contribution is 2.38. The summed E-state index contributed by atoms with van der Waals surface area (Å²) >= 11 is 0. The zero-order valence-corrected chi connectivity index (χ0v) is 20.8. The summed E-state index contributed by atoms with van der Waals surface area (Å²) in [6, 6.07) is 24.2. The van der Waals surface area contributed by atoms with Crippen LogP contribution in [0.1, 0.15) is 29.7 Å². The second-order valence-electron chi connectivity index (χ2n) is 10.1. The highest BCUT2D eigenvalue weighted by molar-refractivity contribution is 6.07. The second kappa shape index (κ2) is 9.82. The molecule has 0 atom stereocenters. The van der Waals surface area contributed by atoms with Crippen LogP contribution in [-0.4, -0.2) is 61.8 Å². The number of rotatable bonds is 7. The smallest absolute Gasteiger partial charge is 0.328 e. The van der Waals surface area contributed by atoms with Crippen LogP contribution in [0, 0.1) is 0 Å². The zero-order valence-electron chi connectivity index (χ0n) is 20.8. The van der Waals surface area contributed by atoms with Gasteiger partial charge < -0.3 is 9.88 Å². The van der Waals surface area contributed by atoms with Crippen LogP contribution in [0.5, 0.6) is 0 Å². The van der Waals surface area contributed by atoms with Crippen LogP contribution < -0.4 is 0 Å². The highest BCUT2D eigenvalue weighted by atomic mass is 16.2. The molecular formula is C30H31N5O2. The number of carbonyl (C=O) groups is 2. The van der Waals surface area contributed by atoms with E-state index in [1.165, 1.54) is 21.5 Å². The Morgan fingerprint density at radius 2 is 1.62 bits per heavy atom. The number of carbonyl (C=O) groups excluding carboxylic acids is 2. The van der Waals surface area contributed by atoms with Crippen LogP contribution in [0.25, 0.3) is 10.9 Å². The normalized spacial score (nSPS) is 17.8. The van der Waals surface area contributed by atoms with Gasteiger partial charge in [-0.25, -0.2) is 4.79 Å². The van der Waals surface area contributed by atoms with Gasteiger partial charge in [0, 0.05) is 49.8 Å². The van der Waals surface area contributed by atoms with E-state index in [0.29, 0.717) is 19.4 Å². The van der Waals surface area contributed by atoms with E-state index in [0.717, 1.165) is 37.1 Å². The van der Waals surface area contributed by atoms with E-state index in [2.05, 4.69) is 51.3 Å². The molecule has 0 unspecified atom stereocenters. The molecule has 2 aliphatic heterocycles. The molecule has 4 heterocycles. The lowest BCUT2D eigenvalue weighted by molar-refractivity contribution is -0.136. The Labute approximate surface area is 216 Å². The van der Waals surface area contributed by atoms with E-state index in [4.69, 9.17) is 0 Å². The third-order valence-electron chi connectivity index (χ3n) is 7.82. The lowest BCUT2D eigenvalue weighted by Gasteiger charge is -2.42. The van der Waals surface area contributed by atoms with Crippen molar-refractivity contribution >= 4 is 22.8 Å². The number of benzene rings is 2. The summed E-state index contributed by atoms with van der Waals surface area (Å²) < 4.78 is 0. The first kappa shape index (κ1) is 23.4. The summed E-state index contributed by atoms with van der Waals surface area (Å²) in [6.45, 7) is 3.11. The van der Waals surface area contributed by atoms with Gasteiger partial charge >= 0.3 is 6.03 Å². The Kier molecular flexibility index (Phi) is 6.22. The van der Waals surface area contributed by atoms with Gasteiger partial charge in [-0.15, -0.1) is 0 Å². The van der Waals surface area contributed by atoms with Gasteiger partial charge in [-0.2, -0.15) is 0 Å². The summed E-state index contributed by atoms with van der Waals surface area (Å²) in [5, 5.41) is 1.21. The van der Waals surface area contributed by atoms with Crippen molar-refractivity contribution in [1.29, 1.82) is 0 Å². The largest absolute Gasteiger partial charge is 0.357 e. The van der Waals surface area contributed by atoms with Crippen molar-refractivity contribution in [2.24, 2.45) is 0 Å². The number of imide groups is 1. The number of piperidine rings is 1. The highest BCUT2D eigenvalue weighted by Gasteiger charge is 2.57. The predicted molar refractivity (Wildman–Crippen MR) is 143 cm³/mol. The zero-order chi connectivity index (χ0) is 25.2. The molecule has 7 heteroatoms. The van der Waals surface area contributed by atoms with Gasteiger partial charge in [0.15, 0.2) is 0 Å². The van der Waals surface area contributed by atoms with Gasteiger partial charge in [0.25, 0.3) is 5.91 Å². The fourth-order valence-electron chi connectivity index (χ4n) is 5.82. The van der Waals surface area contributed by atoms with Gasteiger partial charge in [0.05, 0.1) is 6.54 Å². The van der Waals surface area contributed by atoms with Crippen molar-refractivity contribution in [1.82, 2.24) is 24.7 Å². The van der Waals surface area contributed by atoms with E-state index in [1.807, 2.05) is 41.3 Å². The van der Waals surface area contributed by atoms with Gasteiger partial charge in [-0.3, -0.25) is 19.6 Å². The summed E-state index contributed by atoms with van der Waals surface area (Å²) in [5.74, 6) is -0.0697. The minimum Gasteiger partial charge on any atom is -0.357 e. The molecule has 2 saturated heterocycles. The Morgan fingerprint density at radius 3 is 2.38 bits per heavy atom. The quantitative estimate of drug-likeness (QED) is 0.382. The molecular weight excluding hydrogens is 462 g/mol. The Hall–Kier alpha value is -3.97. The molecule has 0 radical (unpaired) electrons. The number of amides is 3. The topological polar surface area (TPSA) is 72.5 Å². The number of para-hydroxylation sites is 1. The molecule has 6 rings (SSSR count). The molecule has 4 aromatic rings. The Balaban J connectivity index is 1.21. The standard InChI is InChI=1S/C30H31N5O2/c36-28-30(13-17-33(18-14-30)22-26-19-25-10-4-5-11-27(25)32-26)35(16-12-23-7-2-1-3-8-23)29(37)34(28)21-24-9-6-15-31-20-24/h1-11,15,19-20,32H,12-14,16-18,21-22H2. The molecule has 0 bridgehead atoms. The molecule has 37 heavy (non-hydrogen) atoms. The molecule has 2 aromatic carbocycles. The number of aromatic nitrogens is 2. The van der Waals surface area contributed by atoms with E-state index in [9.17, 15) is 9.59 Å². The lowest BCUT2D eigenvalue weighted by Crippen LogP contribution is -2.56. The van der Waals surface area contributed by atoms with Crippen LogP contribution in [0.2, 0.25) is 0 Å². The number of hydrogen-bond donors (Lipinski definition) is 1. The Bertz CT molecular complexity index is 1360. The first-order valence-corrected chi connectivity index (χ1v) is 13.0.